The van der Waals surface area contributed by atoms with Gasteiger partial charge in [-0.25, -0.2) is 0 Å². The summed E-state index contributed by atoms with van der Waals surface area (Å²) in [5, 5.41) is 13.7. The van der Waals surface area contributed by atoms with Crippen LogP contribution in [-0.4, -0.2) is 23.8 Å². The van der Waals surface area contributed by atoms with E-state index in [0.717, 1.165) is 24.8 Å². The molecule has 0 heterocycles. The maximum Gasteiger partial charge on any atom is 0.0693 e. The Kier molecular flexibility index (Phi) is 5.30. The third-order valence-electron chi connectivity index (χ3n) is 4.91. The summed E-state index contributed by atoms with van der Waals surface area (Å²) in [6.07, 6.45) is 11.5. The molecule has 17 heavy (non-hydrogen) atoms. The van der Waals surface area contributed by atoms with E-state index >= 15 is 0 Å². The molecule has 2 N–H and O–H groups in total. The van der Waals surface area contributed by atoms with Gasteiger partial charge in [0, 0.05) is 6.04 Å². The van der Waals surface area contributed by atoms with Crippen molar-refractivity contribution in [2.75, 3.05) is 6.54 Å². The zero-order valence-corrected chi connectivity index (χ0v) is 11.3. The van der Waals surface area contributed by atoms with Crippen molar-refractivity contribution in [2.24, 2.45) is 11.8 Å². The topological polar surface area (TPSA) is 32.3 Å². The summed E-state index contributed by atoms with van der Waals surface area (Å²) in [7, 11) is 0. The lowest BCUT2D eigenvalue weighted by Gasteiger charge is -2.31. The van der Waals surface area contributed by atoms with Crippen molar-refractivity contribution >= 4 is 0 Å². The molecule has 0 aromatic heterocycles. The van der Waals surface area contributed by atoms with Gasteiger partial charge in [-0.1, -0.05) is 45.4 Å². The minimum absolute atomic E-state index is 0.101. The molecule has 2 heteroatoms. The average molecular weight is 239 g/mol. The van der Waals surface area contributed by atoms with Crippen LogP contribution in [0.4, 0.5) is 0 Å². The second kappa shape index (κ2) is 6.75. The monoisotopic (exact) mass is 239 g/mol. The first-order valence-corrected chi connectivity index (χ1v) is 7.69. The summed E-state index contributed by atoms with van der Waals surface area (Å²) in [4.78, 5) is 0. The smallest absolute Gasteiger partial charge is 0.0693 e. The first kappa shape index (κ1) is 13.4. The molecule has 100 valence electrons. The number of aliphatic hydroxyl groups excluding tert-OH is 1. The number of aliphatic hydroxyl groups is 1. The summed E-state index contributed by atoms with van der Waals surface area (Å²) in [6.45, 7) is 3.53. The Morgan fingerprint density at radius 2 is 1.65 bits per heavy atom. The molecule has 0 radical (unpaired) electrons. The van der Waals surface area contributed by atoms with Gasteiger partial charge in [0.05, 0.1) is 6.10 Å². The van der Waals surface area contributed by atoms with E-state index in [2.05, 4.69) is 12.2 Å². The van der Waals surface area contributed by atoms with E-state index in [1.54, 1.807) is 0 Å². The van der Waals surface area contributed by atoms with Crippen LogP contribution in [0, 0.1) is 11.8 Å². The van der Waals surface area contributed by atoms with Crippen LogP contribution < -0.4 is 5.32 Å². The predicted molar refractivity (Wildman–Crippen MR) is 72.0 cm³/mol. The van der Waals surface area contributed by atoms with E-state index in [0.29, 0.717) is 6.04 Å². The molecule has 0 aromatic carbocycles. The van der Waals surface area contributed by atoms with E-state index in [-0.39, 0.29) is 6.10 Å². The second-order valence-corrected chi connectivity index (χ2v) is 6.24. The lowest BCUT2D eigenvalue weighted by atomic mass is 9.80. The molecular formula is C15H29NO. The highest BCUT2D eigenvalue weighted by atomic mass is 16.3. The van der Waals surface area contributed by atoms with Crippen molar-refractivity contribution in [1.82, 2.24) is 5.32 Å². The molecule has 2 rings (SSSR count). The van der Waals surface area contributed by atoms with Gasteiger partial charge in [0.15, 0.2) is 0 Å². The van der Waals surface area contributed by atoms with Gasteiger partial charge >= 0.3 is 0 Å². The standard InChI is InChI=1S/C15H29NO/c1-12-7-5-6-8-13(12)11-16-14-9-3-2-4-10-15(14)17/h12-17H,2-11H2,1H3. The second-order valence-electron chi connectivity index (χ2n) is 6.24. The molecule has 0 spiro atoms. The molecule has 0 bridgehead atoms. The summed E-state index contributed by atoms with van der Waals surface area (Å²) in [5.41, 5.74) is 0. The van der Waals surface area contributed by atoms with E-state index in [1.165, 1.54) is 51.4 Å². The van der Waals surface area contributed by atoms with Crippen molar-refractivity contribution in [3.05, 3.63) is 0 Å². The molecule has 2 aliphatic carbocycles. The Morgan fingerprint density at radius 1 is 0.941 bits per heavy atom. The van der Waals surface area contributed by atoms with E-state index < -0.39 is 0 Å². The molecule has 4 atom stereocenters. The Bertz CT molecular complexity index is 219. The zero-order valence-electron chi connectivity index (χ0n) is 11.3. The van der Waals surface area contributed by atoms with Gasteiger partial charge in [-0.15, -0.1) is 0 Å². The molecule has 0 amide bonds. The fourth-order valence-electron chi connectivity index (χ4n) is 3.53. The van der Waals surface area contributed by atoms with E-state index in [4.69, 9.17) is 0 Å². The largest absolute Gasteiger partial charge is 0.392 e. The normalized spacial score (nSPS) is 39.9. The van der Waals surface area contributed by atoms with E-state index in [1.807, 2.05) is 0 Å². The molecule has 2 nitrogen and oxygen atoms in total. The quantitative estimate of drug-likeness (QED) is 0.742. The van der Waals surface area contributed by atoms with Crippen molar-refractivity contribution in [1.29, 1.82) is 0 Å². The van der Waals surface area contributed by atoms with Gasteiger partial charge in [0.1, 0.15) is 0 Å². The van der Waals surface area contributed by atoms with Crippen molar-refractivity contribution < 1.29 is 5.11 Å². The lowest BCUT2D eigenvalue weighted by molar-refractivity contribution is 0.112. The highest BCUT2D eigenvalue weighted by Crippen LogP contribution is 2.29. The van der Waals surface area contributed by atoms with Crippen LogP contribution in [-0.2, 0) is 0 Å². The molecule has 2 fully saturated rings. The van der Waals surface area contributed by atoms with Crippen LogP contribution >= 0.6 is 0 Å². The van der Waals surface area contributed by atoms with Crippen LogP contribution in [0.2, 0.25) is 0 Å². The van der Waals surface area contributed by atoms with Crippen molar-refractivity contribution in [2.45, 2.75) is 76.9 Å². The molecule has 2 aliphatic rings. The van der Waals surface area contributed by atoms with Crippen LogP contribution in [0.1, 0.15) is 64.7 Å². The van der Waals surface area contributed by atoms with Gasteiger partial charge < -0.3 is 10.4 Å². The van der Waals surface area contributed by atoms with Gasteiger partial charge in [0.25, 0.3) is 0 Å². The number of nitrogens with one attached hydrogen (secondary N) is 1. The minimum atomic E-state index is -0.101. The number of hydrogen-bond donors (Lipinski definition) is 2. The predicted octanol–water partition coefficient (Wildman–Crippen LogP) is 3.10. The summed E-state index contributed by atoms with van der Waals surface area (Å²) in [5.74, 6) is 1.72. The first-order valence-electron chi connectivity index (χ1n) is 7.69. The summed E-state index contributed by atoms with van der Waals surface area (Å²) in [6, 6.07) is 0.367. The molecule has 4 unspecified atom stereocenters. The van der Waals surface area contributed by atoms with Gasteiger partial charge in [-0.3, -0.25) is 0 Å². The number of rotatable bonds is 3. The Morgan fingerprint density at radius 3 is 2.47 bits per heavy atom. The Hall–Kier alpha value is -0.0800. The third-order valence-corrected chi connectivity index (χ3v) is 4.91. The minimum Gasteiger partial charge on any atom is -0.392 e. The van der Waals surface area contributed by atoms with Crippen LogP contribution in [0.3, 0.4) is 0 Å². The van der Waals surface area contributed by atoms with Gasteiger partial charge in [-0.2, -0.15) is 0 Å². The van der Waals surface area contributed by atoms with Gasteiger partial charge in [-0.05, 0) is 37.6 Å². The fourth-order valence-corrected chi connectivity index (χ4v) is 3.53. The summed E-state index contributed by atoms with van der Waals surface area (Å²) >= 11 is 0. The Balaban J connectivity index is 1.75. The molecule has 0 aromatic rings. The highest BCUT2D eigenvalue weighted by molar-refractivity contribution is 4.82. The van der Waals surface area contributed by atoms with E-state index in [9.17, 15) is 5.11 Å². The molecular weight excluding hydrogens is 210 g/mol. The van der Waals surface area contributed by atoms with Crippen LogP contribution in [0.5, 0.6) is 0 Å². The third kappa shape index (κ3) is 3.96. The highest BCUT2D eigenvalue weighted by Gasteiger charge is 2.25. The summed E-state index contributed by atoms with van der Waals surface area (Å²) < 4.78 is 0. The first-order chi connectivity index (χ1) is 8.27. The van der Waals surface area contributed by atoms with Crippen molar-refractivity contribution in [3.63, 3.8) is 0 Å². The molecule has 2 saturated carbocycles. The molecule has 0 aliphatic heterocycles. The molecule has 0 saturated heterocycles. The SMILES string of the molecule is CC1CCCCC1CNC1CCCCCC1O. The number of hydrogen-bond acceptors (Lipinski definition) is 2. The maximum atomic E-state index is 10.1. The fraction of sp³-hybridized carbons (Fsp3) is 1.00. The Labute approximate surface area is 106 Å². The van der Waals surface area contributed by atoms with Crippen molar-refractivity contribution in [3.8, 4) is 0 Å². The van der Waals surface area contributed by atoms with Crippen LogP contribution in [0.15, 0.2) is 0 Å². The average Bonchev–Trinajstić information content (AvgIpc) is 2.53. The van der Waals surface area contributed by atoms with Crippen LogP contribution in [0.25, 0.3) is 0 Å². The lowest BCUT2D eigenvalue weighted by Crippen LogP contribution is -2.42. The zero-order chi connectivity index (χ0) is 12.1. The maximum absolute atomic E-state index is 10.1. The van der Waals surface area contributed by atoms with Gasteiger partial charge in [0.2, 0.25) is 0 Å².